The van der Waals surface area contributed by atoms with Gasteiger partial charge in [0, 0.05) is 13.1 Å². The number of methoxy groups -OCH3 is 1. The van der Waals surface area contributed by atoms with E-state index in [0.717, 1.165) is 24.3 Å². The molecule has 8 heteroatoms. The van der Waals surface area contributed by atoms with Crippen molar-refractivity contribution in [2.45, 2.75) is 33.6 Å². The van der Waals surface area contributed by atoms with Crippen LogP contribution in [0.5, 0.6) is 11.5 Å². The summed E-state index contributed by atoms with van der Waals surface area (Å²) in [5.41, 5.74) is 1.89. The molecule has 2 aromatic carbocycles. The first kappa shape index (κ1) is 25.3. The van der Waals surface area contributed by atoms with Gasteiger partial charge in [-0.15, -0.1) is 0 Å². The molecule has 1 aromatic heterocycles. The van der Waals surface area contributed by atoms with E-state index in [9.17, 15) is 4.79 Å². The number of anilines is 1. The Balaban J connectivity index is 1.83. The highest BCUT2D eigenvalue weighted by atomic mass is 35.5. The largest absolute Gasteiger partial charge is 0.494 e. The third kappa shape index (κ3) is 6.16. The molecule has 0 aliphatic carbocycles. The number of hydrogen-bond acceptors (Lipinski definition) is 6. The lowest BCUT2D eigenvalue weighted by atomic mass is 10.0. The van der Waals surface area contributed by atoms with E-state index in [2.05, 4.69) is 32.6 Å². The van der Waals surface area contributed by atoms with Crippen LogP contribution in [-0.4, -0.2) is 55.7 Å². The van der Waals surface area contributed by atoms with E-state index in [1.54, 1.807) is 24.1 Å². The van der Waals surface area contributed by atoms with Gasteiger partial charge in [0.2, 0.25) is 0 Å². The fourth-order valence-electron chi connectivity index (χ4n) is 3.50. The van der Waals surface area contributed by atoms with Gasteiger partial charge in [-0.05, 0) is 48.8 Å². The third-order valence-electron chi connectivity index (χ3n) is 5.64. The lowest BCUT2D eigenvalue weighted by Gasteiger charge is -2.24. The van der Waals surface area contributed by atoms with Crippen molar-refractivity contribution in [3.63, 3.8) is 0 Å². The lowest BCUT2D eigenvalue weighted by molar-refractivity contribution is -0.120. The van der Waals surface area contributed by atoms with Gasteiger partial charge in [-0.1, -0.05) is 62.8 Å². The smallest absolute Gasteiger partial charge is 0.266 e. The first-order chi connectivity index (χ1) is 15.9. The maximum atomic E-state index is 13.3. The Labute approximate surface area is 205 Å². The minimum absolute atomic E-state index is 0.0694. The van der Waals surface area contributed by atoms with Crippen LogP contribution in [0.25, 0.3) is 10.2 Å². The highest BCUT2D eigenvalue weighted by molar-refractivity contribution is 7.23. The van der Waals surface area contributed by atoms with Gasteiger partial charge >= 0.3 is 0 Å². The van der Waals surface area contributed by atoms with Crippen molar-refractivity contribution < 1.29 is 14.3 Å². The third-order valence-corrected chi connectivity index (χ3v) is 7.18. The Morgan fingerprint density at radius 3 is 2.39 bits per heavy atom. The van der Waals surface area contributed by atoms with Gasteiger partial charge in [0.1, 0.15) is 17.0 Å². The number of nitrogens with zero attached hydrogens (tertiary/aromatic N) is 3. The van der Waals surface area contributed by atoms with E-state index in [4.69, 9.17) is 26.1 Å². The van der Waals surface area contributed by atoms with Crippen LogP contribution < -0.4 is 14.4 Å². The standard InChI is InChI=1S/C25H32ClN3O3S/c1-6-28(7-2)14-15-29(22(30)16-32-19-10-8-18(9-11-19)17(3)4)25-27-23-21(31-5)13-12-20(26)24(23)33-25/h8-13,17H,6-7,14-16H2,1-5H3. The summed E-state index contributed by atoms with van der Waals surface area (Å²) in [6.07, 6.45) is 0. The molecule has 0 saturated heterocycles. The number of likely N-dealkylation sites (N-methyl/N-ethyl adjacent to an activating group) is 1. The Morgan fingerprint density at radius 1 is 1.09 bits per heavy atom. The topological polar surface area (TPSA) is 54.9 Å². The fraction of sp³-hybridized carbons (Fsp3) is 0.440. The zero-order valence-electron chi connectivity index (χ0n) is 19.9. The molecule has 6 nitrogen and oxygen atoms in total. The summed E-state index contributed by atoms with van der Waals surface area (Å²) in [7, 11) is 1.60. The maximum absolute atomic E-state index is 13.3. The monoisotopic (exact) mass is 489 g/mol. The molecule has 0 bridgehead atoms. The van der Waals surface area contributed by atoms with Gasteiger partial charge < -0.3 is 14.4 Å². The summed E-state index contributed by atoms with van der Waals surface area (Å²) in [5, 5.41) is 1.18. The minimum atomic E-state index is -0.149. The number of amides is 1. The van der Waals surface area contributed by atoms with E-state index in [1.165, 1.54) is 16.9 Å². The number of thiazole rings is 1. The fourth-order valence-corrected chi connectivity index (χ4v) is 4.80. The molecule has 178 valence electrons. The zero-order chi connectivity index (χ0) is 24.0. The van der Waals surface area contributed by atoms with Crippen LogP contribution in [0, 0.1) is 0 Å². The van der Waals surface area contributed by atoms with E-state index in [-0.39, 0.29) is 12.5 Å². The van der Waals surface area contributed by atoms with Crippen molar-refractivity contribution in [3.8, 4) is 11.5 Å². The Bertz CT molecular complexity index is 1060. The first-order valence-electron chi connectivity index (χ1n) is 11.3. The van der Waals surface area contributed by atoms with E-state index in [1.807, 2.05) is 24.3 Å². The van der Waals surface area contributed by atoms with Crippen molar-refractivity contribution in [2.24, 2.45) is 0 Å². The number of benzene rings is 2. The van der Waals surface area contributed by atoms with Crippen LogP contribution in [0.1, 0.15) is 39.2 Å². The molecular formula is C25H32ClN3O3S. The Hall–Kier alpha value is -2.35. The van der Waals surface area contributed by atoms with Crippen LogP contribution in [0.15, 0.2) is 36.4 Å². The molecule has 0 unspecified atom stereocenters. The summed E-state index contributed by atoms with van der Waals surface area (Å²) in [4.78, 5) is 22.0. The van der Waals surface area contributed by atoms with Crippen LogP contribution in [0.2, 0.25) is 5.02 Å². The number of fused-ring (bicyclic) bond motifs is 1. The summed E-state index contributed by atoms with van der Waals surface area (Å²) < 4.78 is 12.1. The Kier molecular flexibility index (Phi) is 8.95. The molecule has 0 spiro atoms. The van der Waals surface area contributed by atoms with Crippen LogP contribution >= 0.6 is 22.9 Å². The van der Waals surface area contributed by atoms with Crippen molar-refractivity contribution >= 4 is 44.2 Å². The Morgan fingerprint density at radius 2 is 1.79 bits per heavy atom. The summed E-state index contributed by atoms with van der Waals surface area (Å²) in [5.74, 6) is 1.60. The number of ether oxygens (including phenoxy) is 2. The van der Waals surface area contributed by atoms with E-state index < -0.39 is 0 Å². The number of carbonyl (C=O) groups is 1. The summed E-state index contributed by atoms with van der Waals surface area (Å²) in [6, 6.07) is 11.5. The highest BCUT2D eigenvalue weighted by Crippen LogP contribution is 2.38. The molecular weight excluding hydrogens is 458 g/mol. The number of carbonyl (C=O) groups excluding carboxylic acids is 1. The second-order valence-corrected chi connectivity index (χ2v) is 9.39. The van der Waals surface area contributed by atoms with Gasteiger partial charge in [-0.3, -0.25) is 9.69 Å². The van der Waals surface area contributed by atoms with Crippen molar-refractivity contribution in [1.29, 1.82) is 0 Å². The van der Waals surface area contributed by atoms with Gasteiger partial charge in [-0.2, -0.15) is 0 Å². The van der Waals surface area contributed by atoms with Crippen molar-refractivity contribution in [3.05, 3.63) is 47.0 Å². The van der Waals surface area contributed by atoms with Crippen molar-refractivity contribution in [2.75, 3.05) is 44.8 Å². The molecule has 3 rings (SSSR count). The van der Waals surface area contributed by atoms with Crippen LogP contribution in [0.3, 0.4) is 0 Å². The van der Waals surface area contributed by atoms with E-state index >= 15 is 0 Å². The predicted molar refractivity (Wildman–Crippen MR) is 137 cm³/mol. The second kappa shape index (κ2) is 11.7. The number of halogens is 1. The minimum Gasteiger partial charge on any atom is -0.494 e. The molecule has 0 aliphatic heterocycles. The molecule has 3 aromatic rings. The van der Waals surface area contributed by atoms with Gasteiger partial charge in [-0.25, -0.2) is 4.98 Å². The average molecular weight is 490 g/mol. The normalized spacial score (nSPS) is 11.4. The van der Waals surface area contributed by atoms with Gasteiger partial charge in [0.25, 0.3) is 5.91 Å². The maximum Gasteiger partial charge on any atom is 0.266 e. The van der Waals surface area contributed by atoms with Crippen LogP contribution in [-0.2, 0) is 4.79 Å². The number of hydrogen-bond donors (Lipinski definition) is 0. The zero-order valence-corrected chi connectivity index (χ0v) is 21.5. The predicted octanol–water partition coefficient (Wildman–Crippen LogP) is 5.84. The molecule has 33 heavy (non-hydrogen) atoms. The van der Waals surface area contributed by atoms with E-state index in [0.29, 0.717) is 39.6 Å². The van der Waals surface area contributed by atoms with Crippen molar-refractivity contribution in [1.82, 2.24) is 9.88 Å². The number of aromatic nitrogens is 1. The van der Waals surface area contributed by atoms with Gasteiger partial charge in [0.15, 0.2) is 11.7 Å². The average Bonchev–Trinajstić information content (AvgIpc) is 3.27. The first-order valence-corrected chi connectivity index (χ1v) is 12.5. The summed E-state index contributed by atoms with van der Waals surface area (Å²) in [6.45, 7) is 11.5. The molecule has 0 radical (unpaired) electrons. The van der Waals surface area contributed by atoms with Crippen LogP contribution in [0.4, 0.5) is 5.13 Å². The quantitative estimate of drug-likeness (QED) is 0.339. The summed E-state index contributed by atoms with van der Waals surface area (Å²) >= 11 is 7.80. The molecule has 0 saturated carbocycles. The molecule has 0 N–H and O–H groups in total. The number of rotatable bonds is 11. The second-order valence-electron chi connectivity index (χ2n) is 8.01. The molecule has 1 heterocycles. The SMILES string of the molecule is CCN(CC)CCN(C(=O)COc1ccc(C(C)C)cc1)c1nc2c(OC)ccc(Cl)c2s1. The van der Waals surface area contributed by atoms with Gasteiger partial charge in [0.05, 0.1) is 16.8 Å². The highest BCUT2D eigenvalue weighted by Gasteiger charge is 2.23. The molecule has 0 aliphatic rings. The molecule has 1 amide bonds. The molecule has 0 fully saturated rings. The lowest BCUT2D eigenvalue weighted by Crippen LogP contribution is -2.41. The molecule has 0 atom stereocenters.